The summed E-state index contributed by atoms with van der Waals surface area (Å²) in [5, 5.41) is 8.02. The Labute approximate surface area is 162 Å². The maximum Gasteiger partial charge on any atom is 0.290 e. The van der Waals surface area contributed by atoms with Crippen LogP contribution in [0.3, 0.4) is 0 Å². The molecule has 3 heterocycles. The number of nitrogens with zero attached hydrogens (tertiary/aromatic N) is 3. The molecule has 8 nitrogen and oxygen atoms in total. The van der Waals surface area contributed by atoms with Gasteiger partial charge in [0.25, 0.3) is 5.91 Å². The van der Waals surface area contributed by atoms with Gasteiger partial charge in [-0.2, -0.15) is 5.10 Å². The van der Waals surface area contributed by atoms with Crippen molar-refractivity contribution in [3.63, 3.8) is 0 Å². The summed E-state index contributed by atoms with van der Waals surface area (Å²) in [5.74, 6) is -0.107. The fraction of sp³-hybridized carbons (Fsp3) is 0.350. The highest BCUT2D eigenvalue weighted by Gasteiger charge is 2.35. The van der Waals surface area contributed by atoms with Gasteiger partial charge in [-0.05, 0) is 19.1 Å². The maximum absolute atomic E-state index is 13.2. The quantitative estimate of drug-likeness (QED) is 0.681. The molecule has 0 unspecified atom stereocenters. The molecule has 1 N–H and O–H groups in total. The molecule has 2 amide bonds. The molecule has 4 rings (SSSR count). The summed E-state index contributed by atoms with van der Waals surface area (Å²) >= 11 is 0. The number of carbonyl (C=O) groups excluding carboxylic acids is 2. The third-order valence-corrected chi connectivity index (χ3v) is 5.03. The zero-order valence-electron chi connectivity index (χ0n) is 15.8. The molecule has 1 aromatic carbocycles. The van der Waals surface area contributed by atoms with E-state index in [4.69, 9.17) is 9.15 Å². The Bertz CT molecular complexity index is 1020. The van der Waals surface area contributed by atoms with Gasteiger partial charge >= 0.3 is 0 Å². The van der Waals surface area contributed by atoms with E-state index in [2.05, 4.69) is 10.4 Å². The van der Waals surface area contributed by atoms with Crippen LogP contribution in [0.4, 0.5) is 0 Å². The lowest BCUT2D eigenvalue weighted by Gasteiger charge is -2.32. The normalized spacial score (nSPS) is 16.2. The first-order valence-corrected chi connectivity index (χ1v) is 9.16. The van der Waals surface area contributed by atoms with Crippen LogP contribution in [0.25, 0.3) is 11.0 Å². The molecule has 3 aromatic rings. The number of fused-ring (bicyclic) bond motifs is 2. The van der Waals surface area contributed by atoms with Crippen LogP contribution in [0.5, 0.6) is 0 Å². The molecule has 0 saturated heterocycles. The van der Waals surface area contributed by atoms with E-state index in [0.29, 0.717) is 31.0 Å². The Hall–Kier alpha value is -3.13. The Morgan fingerprint density at radius 3 is 2.93 bits per heavy atom. The van der Waals surface area contributed by atoms with Crippen LogP contribution in [-0.4, -0.2) is 53.3 Å². The van der Waals surface area contributed by atoms with Gasteiger partial charge in [-0.1, -0.05) is 18.2 Å². The molecule has 1 aliphatic rings. The van der Waals surface area contributed by atoms with Crippen molar-refractivity contribution >= 4 is 22.8 Å². The van der Waals surface area contributed by atoms with Gasteiger partial charge in [-0.15, -0.1) is 0 Å². The number of amides is 2. The van der Waals surface area contributed by atoms with Gasteiger partial charge < -0.3 is 19.4 Å². The van der Waals surface area contributed by atoms with E-state index in [1.807, 2.05) is 37.3 Å². The first-order valence-electron chi connectivity index (χ1n) is 9.16. The number of methoxy groups -OCH3 is 1. The molecule has 28 heavy (non-hydrogen) atoms. The SMILES string of the molecule is COCCNC(=O)[C@H]1CN(C(=O)c2oc3ccccc3c2C)Cc2ccnn21. The van der Waals surface area contributed by atoms with Crippen molar-refractivity contribution in [1.82, 2.24) is 20.0 Å². The average Bonchev–Trinajstić information content (AvgIpc) is 3.31. The van der Waals surface area contributed by atoms with E-state index in [9.17, 15) is 9.59 Å². The van der Waals surface area contributed by atoms with Crippen LogP contribution >= 0.6 is 0 Å². The Balaban J connectivity index is 1.60. The fourth-order valence-corrected chi connectivity index (χ4v) is 3.56. The molecule has 1 aliphatic heterocycles. The maximum atomic E-state index is 13.2. The summed E-state index contributed by atoms with van der Waals surface area (Å²) in [5.41, 5.74) is 2.29. The molecule has 0 bridgehead atoms. The van der Waals surface area contributed by atoms with Crippen LogP contribution in [0.2, 0.25) is 0 Å². The summed E-state index contributed by atoms with van der Waals surface area (Å²) in [4.78, 5) is 27.5. The van der Waals surface area contributed by atoms with Gasteiger partial charge in [0.05, 0.1) is 25.4 Å². The molecule has 1 atom stereocenters. The molecule has 0 radical (unpaired) electrons. The smallest absolute Gasteiger partial charge is 0.290 e. The number of aromatic nitrogens is 2. The monoisotopic (exact) mass is 382 g/mol. The van der Waals surface area contributed by atoms with Crippen molar-refractivity contribution in [2.45, 2.75) is 19.5 Å². The number of benzene rings is 1. The van der Waals surface area contributed by atoms with Crippen molar-refractivity contribution in [2.75, 3.05) is 26.8 Å². The molecule has 0 fully saturated rings. The van der Waals surface area contributed by atoms with Gasteiger partial charge in [-0.3, -0.25) is 14.3 Å². The van der Waals surface area contributed by atoms with Crippen LogP contribution < -0.4 is 5.32 Å². The highest BCUT2D eigenvalue weighted by Crippen LogP contribution is 2.28. The van der Waals surface area contributed by atoms with Crippen molar-refractivity contribution in [1.29, 1.82) is 0 Å². The number of furan rings is 1. The zero-order chi connectivity index (χ0) is 19.7. The number of hydrogen-bond acceptors (Lipinski definition) is 5. The van der Waals surface area contributed by atoms with E-state index in [1.54, 1.807) is 22.9 Å². The third-order valence-electron chi connectivity index (χ3n) is 5.03. The molecule has 0 spiro atoms. The molecular formula is C20H22N4O4. The predicted octanol–water partition coefficient (Wildman–Crippen LogP) is 1.90. The minimum Gasteiger partial charge on any atom is -0.451 e. The number of nitrogens with one attached hydrogen (secondary N) is 1. The number of para-hydroxylation sites is 1. The van der Waals surface area contributed by atoms with E-state index in [0.717, 1.165) is 16.6 Å². The van der Waals surface area contributed by atoms with E-state index in [1.165, 1.54) is 0 Å². The summed E-state index contributed by atoms with van der Waals surface area (Å²) < 4.78 is 12.5. The molecule has 0 aliphatic carbocycles. The second kappa shape index (κ2) is 7.47. The van der Waals surface area contributed by atoms with Crippen LogP contribution in [-0.2, 0) is 16.1 Å². The number of hydrogen-bond donors (Lipinski definition) is 1. The topological polar surface area (TPSA) is 89.6 Å². The fourth-order valence-electron chi connectivity index (χ4n) is 3.56. The summed E-state index contributed by atoms with van der Waals surface area (Å²) in [6.45, 7) is 3.30. The number of rotatable bonds is 5. The molecule has 2 aromatic heterocycles. The third kappa shape index (κ3) is 3.16. The lowest BCUT2D eigenvalue weighted by Crippen LogP contribution is -2.47. The molecule has 146 valence electrons. The van der Waals surface area contributed by atoms with Crippen molar-refractivity contribution in [3.8, 4) is 0 Å². The van der Waals surface area contributed by atoms with Crippen molar-refractivity contribution < 1.29 is 18.7 Å². The van der Waals surface area contributed by atoms with Crippen LogP contribution in [0, 0.1) is 6.92 Å². The lowest BCUT2D eigenvalue weighted by molar-refractivity contribution is -0.125. The molecular weight excluding hydrogens is 360 g/mol. The Kier molecular flexibility index (Phi) is 4.87. The van der Waals surface area contributed by atoms with E-state index < -0.39 is 6.04 Å². The summed E-state index contributed by atoms with van der Waals surface area (Å²) in [6.07, 6.45) is 1.64. The minimum atomic E-state index is -0.593. The van der Waals surface area contributed by atoms with E-state index >= 15 is 0 Å². The standard InChI is InChI=1S/C20H22N4O4/c1-13-15-5-3-4-6-17(15)28-18(13)20(26)23-11-14-7-8-22-24(14)16(12-23)19(25)21-9-10-27-2/h3-8,16H,9-12H2,1-2H3,(H,21,25)/t16-/m1/s1. The Morgan fingerprint density at radius 1 is 1.32 bits per heavy atom. The molecule has 0 saturated carbocycles. The summed E-state index contributed by atoms with van der Waals surface area (Å²) in [6, 6.07) is 8.79. The highest BCUT2D eigenvalue weighted by molar-refractivity contribution is 5.99. The number of carbonyl (C=O) groups is 2. The van der Waals surface area contributed by atoms with Gasteiger partial charge in [0.15, 0.2) is 5.76 Å². The first-order chi connectivity index (χ1) is 13.6. The minimum absolute atomic E-state index is 0.194. The van der Waals surface area contributed by atoms with Gasteiger partial charge in [-0.25, -0.2) is 0 Å². The summed E-state index contributed by atoms with van der Waals surface area (Å²) in [7, 11) is 1.58. The van der Waals surface area contributed by atoms with Crippen molar-refractivity contribution in [3.05, 3.63) is 53.5 Å². The predicted molar refractivity (Wildman–Crippen MR) is 102 cm³/mol. The average molecular weight is 382 g/mol. The highest BCUT2D eigenvalue weighted by atomic mass is 16.5. The van der Waals surface area contributed by atoms with Crippen molar-refractivity contribution in [2.24, 2.45) is 0 Å². The second-order valence-corrected chi connectivity index (χ2v) is 6.80. The second-order valence-electron chi connectivity index (χ2n) is 6.80. The van der Waals surface area contributed by atoms with E-state index in [-0.39, 0.29) is 18.4 Å². The Morgan fingerprint density at radius 2 is 2.14 bits per heavy atom. The zero-order valence-corrected chi connectivity index (χ0v) is 15.8. The van der Waals surface area contributed by atoms with Gasteiger partial charge in [0, 0.05) is 30.8 Å². The largest absolute Gasteiger partial charge is 0.451 e. The first kappa shape index (κ1) is 18.2. The van der Waals surface area contributed by atoms with Crippen LogP contribution in [0.15, 0.2) is 40.9 Å². The van der Waals surface area contributed by atoms with Crippen LogP contribution in [0.1, 0.15) is 27.9 Å². The number of ether oxygens (including phenoxy) is 1. The molecule has 8 heteroatoms. The number of aryl methyl sites for hydroxylation is 1. The van der Waals surface area contributed by atoms with Gasteiger partial charge in [0.1, 0.15) is 11.6 Å². The lowest BCUT2D eigenvalue weighted by atomic mass is 10.1. The van der Waals surface area contributed by atoms with Gasteiger partial charge in [0.2, 0.25) is 5.91 Å².